The van der Waals surface area contributed by atoms with Gasteiger partial charge >= 0.3 is 0 Å². The van der Waals surface area contributed by atoms with Crippen LogP contribution in [0.1, 0.15) is 11.3 Å². The van der Waals surface area contributed by atoms with Gasteiger partial charge in [0.05, 0.1) is 22.8 Å². The largest absolute Gasteiger partial charge is 0.325 e. The molecule has 0 saturated carbocycles. The van der Waals surface area contributed by atoms with Crippen molar-refractivity contribution in [3.05, 3.63) is 46.5 Å². The Morgan fingerprint density at radius 3 is 2.89 bits per heavy atom. The summed E-state index contributed by atoms with van der Waals surface area (Å²) in [5.41, 5.74) is 1.51. The summed E-state index contributed by atoms with van der Waals surface area (Å²) in [5.74, 6) is 0.535. The molecule has 0 aliphatic heterocycles. The molecule has 0 amide bonds. The maximum atomic E-state index is 13.7. The third-order valence-electron chi connectivity index (χ3n) is 2.57. The van der Waals surface area contributed by atoms with Gasteiger partial charge in [-0.25, -0.2) is 9.37 Å². The molecule has 2 rings (SSSR count). The Bertz CT molecular complexity index is 557. The summed E-state index contributed by atoms with van der Waals surface area (Å²) in [4.78, 5) is 4.24. The van der Waals surface area contributed by atoms with E-state index in [1.54, 1.807) is 18.3 Å². The highest BCUT2D eigenvalue weighted by Gasteiger charge is 2.10. The van der Waals surface area contributed by atoms with Gasteiger partial charge in [-0.3, -0.25) is 0 Å². The third kappa shape index (κ3) is 2.82. The van der Waals surface area contributed by atoms with E-state index in [9.17, 15) is 4.39 Å². The average molecular weight is 305 g/mol. The number of hydrogen-bond acceptors (Lipinski definition) is 2. The van der Waals surface area contributed by atoms with Crippen molar-refractivity contribution in [2.24, 2.45) is 7.05 Å². The average Bonchev–Trinajstić information content (AvgIpc) is 2.72. The Hall–Kier alpha value is -0.710. The molecule has 0 saturated heterocycles. The summed E-state index contributed by atoms with van der Waals surface area (Å²) in [6.07, 6.45) is 1.73. The van der Waals surface area contributed by atoms with Crippen molar-refractivity contribution < 1.29 is 4.39 Å². The maximum Gasteiger partial charge on any atom is 0.168 e. The van der Waals surface area contributed by atoms with Gasteiger partial charge in [0, 0.05) is 12.8 Å². The summed E-state index contributed by atoms with van der Waals surface area (Å²) in [6.45, 7) is 0. The number of aromatic nitrogens is 2. The number of halogens is 3. The lowest BCUT2D eigenvalue weighted by molar-refractivity contribution is 0.617. The fourth-order valence-corrected chi connectivity index (χ4v) is 2.87. The lowest BCUT2D eigenvalue weighted by Crippen LogP contribution is -1.96. The molecule has 18 heavy (non-hydrogen) atoms. The summed E-state index contributed by atoms with van der Waals surface area (Å²) in [7, 11) is 1.89. The third-order valence-corrected chi connectivity index (χ3v) is 4.23. The van der Waals surface area contributed by atoms with Crippen LogP contribution in [0.15, 0.2) is 29.6 Å². The number of thioether (sulfide) groups is 1. The molecule has 0 atom stereocenters. The van der Waals surface area contributed by atoms with E-state index in [4.69, 9.17) is 23.2 Å². The molecule has 0 aliphatic carbocycles. The van der Waals surface area contributed by atoms with Crippen molar-refractivity contribution >= 4 is 35.0 Å². The van der Waals surface area contributed by atoms with Crippen molar-refractivity contribution in [3.63, 3.8) is 0 Å². The molecule has 0 unspecified atom stereocenters. The topological polar surface area (TPSA) is 17.8 Å². The zero-order valence-electron chi connectivity index (χ0n) is 9.66. The molecule has 0 radical (unpaired) electrons. The van der Waals surface area contributed by atoms with E-state index in [1.165, 1.54) is 17.8 Å². The number of alkyl halides is 1. The van der Waals surface area contributed by atoms with E-state index < -0.39 is 0 Å². The van der Waals surface area contributed by atoms with Crippen LogP contribution >= 0.6 is 35.0 Å². The molecule has 0 N–H and O–H groups in total. The molecule has 2 aromatic rings. The minimum absolute atomic E-state index is 0.148. The molecule has 2 nitrogen and oxygen atoms in total. The van der Waals surface area contributed by atoms with Gasteiger partial charge in [-0.15, -0.1) is 11.6 Å². The molecule has 96 valence electrons. The van der Waals surface area contributed by atoms with Gasteiger partial charge in [0.1, 0.15) is 5.82 Å². The zero-order chi connectivity index (χ0) is 13.1. The van der Waals surface area contributed by atoms with Crippen LogP contribution in [0.3, 0.4) is 0 Å². The molecule has 1 heterocycles. The molecule has 6 heteroatoms. The van der Waals surface area contributed by atoms with Crippen molar-refractivity contribution in [1.29, 1.82) is 0 Å². The number of nitrogens with zero attached hydrogens (tertiary/aromatic N) is 2. The van der Waals surface area contributed by atoms with Crippen LogP contribution in [-0.4, -0.2) is 9.55 Å². The summed E-state index contributed by atoms with van der Waals surface area (Å²) in [5, 5.41) is 0.958. The highest BCUT2D eigenvalue weighted by Crippen LogP contribution is 2.26. The molecule has 1 aromatic carbocycles. The van der Waals surface area contributed by atoms with Gasteiger partial charge in [0.15, 0.2) is 5.16 Å². The smallest absolute Gasteiger partial charge is 0.168 e. The predicted octanol–water partition coefficient (Wildman–Crippen LogP) is 4.24. The first-order chi connectivity index (χ1) is 8.63. The van der Waals surface area contributed by atoms with E-state index in [0.717, 1.165) is 10.9 Å². The van der Waals surface area contributed by atoms with Gasteiger partial charge in [0.2, 0.25) is 0 Å². The van der Waals surface area contributed by atoms with Crippen LogP contribution in [0, 0.1) is 5.82 Å². The standard InChI is InChI=1S/C12H11Cl2FN2S/c1-17-9(5-13)6-16-12(17)18-7-8-3-2-4-10(14)11(8)15/h2-4,6H,5,7H2,1H3. The lowest BCUT2D eigenvalue weighted by atomic mass is 10.2. The Balaban J connectivity index is 2.11. The van der Waals surface area contributed by atoms with Gasteiger partial charge in [-0.05, 0) is 11.6 Å². The van der Waals surface area contributed by atoms with E-state index in [1.807, 2.05) is 11.6 Å². The van der Waals surface area contributed by atoms with Crippen LogP contribution in [0.2, 0.25) is 5.02 Å². The van der Waals surface area contributed by atoms with Crippen molar-refractivity contribution in [1.82, 2.24) is 9.55 Å². The van der Waals surface area contributed by atoms with Crippen LogP contribution in [0.25, 0.3) is 0 Å². The molecule has 0 fully saturated rings. The summed E-state index contributed by atoms with van der Waals surface area (Å²) in [6, 6.07) is 5.00. The second-order valence-corrected chi connectivity index (χ2v) is 5.34. The monoisotopic (exact) mass is 304 g/mol. The Kier molecular flexibility index (Phi) is 4.54. The predicted molar refractivity (Wildman–Crippen MR) is 73.7 cm³/mol. The minimum atomic E-state index is -0.363. The van der Waals surface area contributed by atoms with Crippen LogP contribution in [0.4, 0.5) is 4.39 Å². The number of rotatable bonds is 4. The highest BCUT2D eigenvalue weighted by atomic mass is 35.5. The first kappa shape index (κ1) is 13.7. The van der Waals surface area contributed by atoms with Crippen molar-refractivity contribution in [2.45, 2.75) is 16.8 Å². The minimum Gasteiger partial charge on any atom is -0.325 e. The van der Waals surface area contributed by atoms with E-state index >= 15 is 0 Å². The van der Waals surface area contributed by atoms with Gasteiger partial charge in [0.25, 0.3) is 0 Å². The second-order valence-electron chi connectivity index (χ2n) is 3.73. The van der Waals surface area contributed by atoms with Crippen LogP contribution in [-0.2, 0) is 18.7 Å². The molecule has 0 spiro atoms. The van der Waals surface area contributed by atoms with Gasteiger partial charge in [-0.1, -0.05) is 35.5 Å². The van der Waals surface area contributed by atoms with Gasteiger partial charge in [-0.2, -0.15) is 0 Å². The summed E-state index contributed by atoms with van der Waals surface area (Å²) < 4.78 is 15.6. The first-order valence-corrected chi connectivity index (χ1v) is 7.15. The highest BCUT2D eigenvalue weighted by molar-refractivity contribution is 7.98. The van der Waals surface area contributed by atoms with Crippen LogP contribution in [0.5, 0.6) is 0 Å². The number of imidazole rings is 1. The fraction of sp³-hybridized carbons (Fsp3) is 0.250. The van der Waals surface area contributed by atoms with Gasteiger partial charge < -0.3 is 4.57 Å². The lowest BCUT2D eigenvalue weighted by Gasteiger charge is -2.05. The van der Waals surface area contributed by atoms with E-state index in [-0.39, 0.29) is 10.8 Å². The Morgan fingerprint density at radius 2 is 2.22 bits per heavy atom. The van der Waals surface area contributed by atoms with Crippen molar-refractivity contribution in [2.75, 3.05) is 0 Å². The SMILES string of the molecule is Cn1c(CCl)cnc1SCc1cccc(Cl)c1F. The zero-order valence-corrected chi connectivity index (χ0v) is 12.0. The second kappa shape index (κ2) is 5.95. The quantitative estimate of drug-likeness (QED) is 0.621. The number of benzene rings is 1. The molecule has 0 aliphatic rings. The molecule has 1 aromatic heterocycles. The maximum absolute atomic E-state index is 13.7. The number of hydrogen-bond donors (Lipinski definition) is 0. The molecular weight excluding hydrogens is 294 g/mol. The van der Waals surface area contributed by atoms with E-state index in [2.05, 4.69) is 4.98 Å². The Labute approximate surface area is 119 Å². The molecular formula is C12H11Cl2FN2S. The molecule has 0 bridgehead atoms. The summed E-state index contributed by atoms with van der Waals surface area (Å²) >= 11 is 12.9. The normalized spacial score (nSPS) is 10.9. The van der Waals surface area contributed by atoms with Crippen molar-refractivity contribution in [3.8, 4) is 0 Å². The Morgan fingerprint density at radius 1 is 1.44 bits per heavy atom. The van der Waals surface area contributed by atoms with Crippen LogP contribution < -0.4 is 0 Å². The first-order valence-electron chi connectivity index (χ1n) is 5.25. The fourth-order valence-electron chi connectivity index (χ4n) is 1.49. The van der Waals surface area contributed by atoms with E-state index in [0.29, 0.717) is 17.2 Å².